The van der Waals surface area contributed by atoms with Crippen LogP contribution in [-0.2, 0) is 23.7 Å². The summed E-state index contributed by atoms with van der Waals surface area (Å²) < 4.78 is 21.6. The van der Waals surface area contributed by atoms with Crippen molar-refractivity contribution in [3.8, 4) is 0 Å². The van der Waals surface area contributed by atoms with Gasteiger partial charge in [0.05, 0.1) is 19.3 Å². The van der Waals surface area contributed by atoms with Crippen molar-refractivity contribution in [2.24, 2.45) is 11.8 Å². The molecule has 4 unspecified atom stereocenters. The fourth-order valence-corrected chi connectivity index (χ4v) is 3.83. The summed E-state index contributed by atoms with van der Waals surface area (Å²) in [4.78, 5) is 11.1. The molecule has 0 bridgehead atoms. The third-order valence-electron chi connectivity index (χ3n) is 4.87. The normalized spacial score (nSPS) is 32.2. The summed E-state index contributed by atoms with van der Waals surface area (Å²) in [6.07, 6.45) is 7.28. The molecule has 1 saturated carbocycles. The topological polar surface area (TPSA) is 54.0 Å². The standard InChI is InChI=1S/C16H28O5/c1-18-15(17)6-4-5-13-10-12-9-11(16(19-2)20-3)7-8-14(12)21-13/h11-14,16H,4-10H2,1-3H3. The Labute approximate surface area is 127 Å². The van der Waals surface area contributed by atoms with Crippen molar-refractivity contribution in [1.29, 1.82) is 0 Å². The van der Waals surface area contributed by atoms with Crippen LogP contribution in [0.3, 0.4) is 0 Å². The minimum atomic E-state index is -0.131. The van der Waals surface area contributed by atoms with Crippen molar-refractivity contribution < 1.29 is 23.7 Å². The lowest BCUT2D eigenvalue weighted by molar-refractivity contribution is -0.152. The summed E-state index contributed by atoms with van der Waals surface area (Å²) in [5.41, 5.74) is 0. The van der Waals surface area contributed by atoms with Crippen molar-refractivity contribution >= 4 is 5.97 Å². The Kier molecular flexibility index (Phi) is 6.45. The van der Waals surface area contributed by atoms with Crippen LogP contribution >= 0.6 is 0 Å². The number of hydrogen-bond donors (Lipinski definition) is 0. The Hall–Kier alpha value is -0.650. The van der Waals surface area contributed by atoms with E-state index in [-0.39, 0.29) is 12.3 Å². The molecule has 0 aromatic rings. The van der Waals surface area contributed by atoms with Crippen LogP contribution in [0, 0.1) is 11.8 Å². The van der Waals surface area contributed by atoms with Crippen molar-refractivity contribution in [2.45, 2.75) is 63.4 Å². The van der Waals surface area contributed by atoms with E-state index in [1.54, 1.807) is 14.2 Å². The molecular formula is C16H28O5. The van der Waals surface area contributed by atoms with E-state index in [2.05, 4.69) is 4.74 Å². The predicted molar refractivity (Wildman–Crippen MR) is 77.8 cm³/mol. The Morgan fingerprint density at radius 2 is 1.95 bits per heavy atom. The maximum atomic E-state index is 11.1. The van der Waals surface area contributed by atoms with Gasteiger partial charge in [-0.05, 0) is 44.4 Å². The van der Waals surface area contributed by atoms with Gasteiger partial charge in [-0.1, -0.05) is 0 Å². The molecule has 0 spiro atoms. The molecule has 0 aromatic heterocycles. The van der Waals surface area contributed by atoms with Crippen LogP contribution in [0.15, 0.2) is 0 Å². The van der Waals surface area contributed by atoms with Crippen LogP contribution in [0.1, 0.15) is 44.9 Å². The molecule has 4 atom stereocenters. The number of hydrogen-bond acceptors (Lipinski definition) is 5. The van der Waals surface area contributed by atoms with Crippen molar-refractivity contribution in [1.82, 2.24) is 0 Å². The van der Waals surface area contributed by atoms with Gasteiger partial charge in [0.25, 0.3) is 0 Å². The highest BCUT2D eigenvalue weighted by Gasteiger charge is 2.41. The highest BCUT2D eigenvalue weighted by Crippen LogP contribution is 2.42. The van der Waals surface area contributed by atoms with Gasteiger partial charge in [-0.25, -0.2) is 0 Å². The number of carbonyl (C=O) groups is 1. The van der Waals surface area contributed by atoms with E-state index in [0.717, 1.165) is 38.5 Å². The van der Waals surface area contributed by atoms with E-state index >= 15 is 0 Å². The fourth-order valence-electron chi connectivity index (χ4n) is 3.83. The lowest BCUT2D eigenvalue weighted by atomic mass is 9.78. The molecule has 5 heteroatoms. The average Bonchev–Trinajstić information content (AvgIpc) is 2.90. The molecule has 5 nitrogen and oxygen atoms in total. The zero-order valence-corrected chi connectivity index (χ0v) is 13.4. The molecule has 1 saturated heterocycles. The Balaban J connectivity index is 1.75. The average molecular weight is 300 g/mol. The van der Waals surface area contributed by atoms with Crippen LogP contribution in [0.4, 0.5) is 0 Å². The molecule has 21 heavy (non-hydrogen) atoms. The summed E-state index contributed by atoms with van der Waals surface area (Å²) in [6, 6.07) is 0. The van der Waals surface area contributed by atoms with Gasteiger partial charge in [-0.15, -0.1) is 0 Å². The summed E-state index contributed by atoms with van der Waals surface area (Å²) in [7, 11) is 4.85. The Bertz CT molecular complexity index is 329. The van der Waals surface area contributed by atoms with Gasteiger partial charge in [0, 0.05) is 26.6 Å². The second kappa shape index (κ2) is 8.11. The molecule has 0 radical (unpaired) electrons. The van der Waals surface area contributed by atoms with Gasteiger partial charge >= 0.3 is 5.97 Å². The Morgan fingerprint density at radius 3 is 2.62 bits per heavy atom. The van der Waals surface area contributed by atoms with Crippen LogP contribution in [-0.4, -0.2) is 45.8 Å². The fraction of sp³-hybridized carbons (Fsp3) is 0.938. The lowest BCUT2D eigenvalue weighted by Gasteiger charge is -2.34. The molecule has 1 heterocycles. The molecule has 1 aliphatic carbocycles. The zero-order valence-electron chi connectivity index (χ0n) is 13.4. The van der Waals surface area contributed by atoms with Gasteiger partial charge in [0.1, 0.15) is 0 Å². The van der Waals surface area contributed by atoms with Crippen molar-refractivity contribution in [3.63, 3.8) is 0 Å². The van der Waals surface area contributed by atoms with E-state index < -0.39 is 0 Å². The zero-order chi connectivity index (χ0) is 15.2. The van der Waals surface area contributed by atoms with Crippen LogP contribution in [0.5, 0.6) is 0 Å². The molecule has 2 aliphatic rings. The molecule has 122 valence electrons. The summed E-state index contributed by atoms with van der Waals surface area (Å²) in [5.74, 6) is 0.951. The van der Waals surface area contributed by atoms with Gasteiger partial charge < -0.3 is 18.9 Å². The van der Waals surface area contributed by atoms with E-state index in [4.69, 9.17) is 14.2 Å². The van der Waals surface area contributed by atoms with Gasteiger partial charge in [0.15, 0.2) is 6.29 Å². The van der Waals surface area contributed by atoms with E-state index in [1.165, 1.54) is 7.11 Å². The van der Waals surface area contributed by atoms with E-state index in [0.29, 0.717) is 30.5 Å². The number of fused-ring (bicyclic) bond motifs is 1. The monoisotopic (exact) mass is 300 g/mol. The molecule has 0 N–H and O–H groups in total. The summed E-state index contributed by atoms with van der Waals surface area (Å²) >= 11 is 0. The largest absolute Gasteiger partial charge is 0.469 e. The number of ether oxygens (including phenoxy) is 4. The van der Waals surface area contributed by atoms with Gasteiger partial charge in [-0.2, -0.15) is 0 Å². The first-order valence-electron chi connectivity index (χ1n) is 7.95. The van der Waals surface area contributed by atoms with Gasteiger partial charge in [0.2, 0.25) is 0 Å². The predicted octanol–water partition coefficient (Wildman–Crippen LogP) is 2.52. The molecular weight excluding hydrogens is 272 g/mol. The first kappa shape index (κ1) is 16.7. The summed E-state index contributed by atoms with van der Waals surface area (Å²) in [6.45, 7) is 0. The lowest BCUT2D eigenvalue weighted by Crippen LogP contribution is -2.34. The minimum Gasteiger partial charge on any atom is -0.469 e. The SMILES string of the molecule is COC(=O)CCCC1CC2CC(C(OC)OC)CCC2O1. The maximum absolute atomic E-state index is 11.1. The smallest absolute Gasteiger partial charge is 0.305 e. The number of esters is 1. The van der Waals surface area contributed by atoms with Crippen LogP contribution in [0.2, 0.25) is 0 Å². The van der Waals surface area contributed by atoms with Crippen molar-refractivity contribution in [3.05, 3.63) is 0 Å². The summed E-state index contributed by atoms with van der Waals surface area (Å²) in [5, 5.41) is 0. The van der Waals surface area contributed by atoms with E-state index in [1.807, 2.05) is 0 Å². The highest BCUT2D eigenvalue weighted by molar-refractivity contribution is 5.68. The number of rotatable bonds is 7. The van der Waals surface area contributed by atoms with Gasteiger partial charge in [-0.3, -0.25) is 4.79 Å². The third kappa shape index (κ3) is 4.41. The number of carbonyl (C=O) groups excluding carboxylic acids is 1. The minimum absolute atomic E-state index is 0.0932. The molecule has 2 rings (SSSR count). The highest BCUT2D eigenvalue weighted by atomic mass is 16.7. The number of methoxy groups -OCH3 is 3. The first-order valence-corrected chi connectivity index (χ1v) is 7.95. The quantitative estimate of drug-likeness (QED) is 0.534. The van der Waals surface area contributed by atoms with Crippen molar-refractivity contribution in [2.75, 3.05) is 21.3 Å². The first-order chi connectivity index (χ1) is 10.2. The van der Waals surface area contributed by atoms with Crippen LogP contribution in [0.25, 0.3) is 0 Å². The van der Waals surface area contributed by atoms with E-state index in [9.17, 15) is 4.79 Å². The molecule has 2 fully saturated rings. The van der Waals surface area contributed by atoms with Crippen LogP contribution < -0.4 is 0 Å². The third-order valence-corrected chi connectivity index (χ3v) is 4.87. The second-order valence-corrected chi connectivity index (χ2v) is 6.17. The maximum Gasteiger partial charge on any atom is 0.305 e. The molecule has 0 amide bonds. The second-order valence-electron chi connectivity index (χ2n) is 6.17. The Morgan fingerprint density at radius 1 is 1.19 bits per heavy atom. The molecule has 0 aromatic carbocycles. The molecule has 1 aliphatic heterocycles.